The number of benzene rings is 1. The number of aromatic nitrogens is 5. The third-order valence-corrected chi connectivity index (χ3v) is 4.31. The molecule has 0 atom stereocenters. The first-order valence-electron chi connectivity index (χ1n) is 6.20. The minimum absolute atomic E-state index is 0.568. The van der Waals surface area contributed by atoms with Crippen LogP contribution in [0.2, 0.25) is 0 Å². The molecule has 0 radical (unpaired) electrons. The van der Waals surface area contributed by atoms with Gasteiger partial charge in [0.15, 0.2) is 11.0 Å². The number of halogens is 1. The van der Waals surface area contributed by atoms with Gasteiger partial charge in [0.05, 0.1) is 5.75 Å². The van der Waals surface area contributed by atoms with Gasteiger partial charge in [-0.3, -0.25) is 0 Å². The van der Waals surface area contributed by atoms with E-state index in [1.54, 1.807) is 6.92 Å². The maximum Gasteiger partial charge on any atom is 0.226 e. The molecule has 0 saturated carbocycles. The minimum Gasteiger partial charge on any atom is -0.425 e. The van der Waals surface area contributed by atoms with E-state index in [0.29, 0.717) is 17.5 Å². The van der Waals surface area contributed by atoms with E-state index in [4.69, 9.17) is 4.42 Å². The molecular formula is C13H12BrN5OS. The fourth-order valence-corrected chi connectivity index (χ4v) is 2.99. The summed E-state index contributed by atoms with van der Waals surface area (Å²) in [6, 6.07) is 7.97. The van der Waals surface area contributed by atoms with Crippen LogP contribution < -0.4 is 0 Å². The van der Waals surface area contributed by atoms with Crippen LogP contribution in [0, 0.1) is 6.92 Å². The van der Waals surface area contributed by atoms with Crippen molar-refractivity contribution in [3.05, 3.63) is 40.5 Å². The van der Waals surface area contributed by atoms with Gasteiger partial charge in [-0.25, -0.2) is 0 Å². The smallest absolute Gasteiger partial charge is 0.226 e. The second kappa shape index (κ2) is 5.98. The average Bonchev–Trinajstić information content (AvgIpc) is 3.03. The van der Waals surface area contributed by atoms with E-state index in [9.17, 15) is 0 Å². The number of rotatable bonds is 4. The summed E-state index contributed by atoms with van der Waals surface area (Å²) < 4.78 is 8.31. The lowest BCUT2D eigenvalue weighted by Crippen LogP contribution is -1.95. The highest BCUT2D eigenvalue weighted by Crippen LogP contribution is 2.26. The summed E-state index contributed by atoms with van der Waals surface area (Å²) in [5, 5.41) is 17.0. The number of hydrogen-bond donors (Lipinski definition) is 0. The third-order valence-electron chi connectivity index (χ3n) is 2.81. The van der Waals surface area contributed by atoms with Gasteiger partial charge in [-0.15, -0.1) is 20.4 Å². The van der Waals surface area contributed by atoms with Crippen molar-refractivity contribution in [1.82, 2.24) is 25.0 Å². The van der Waals surface area contributed by atoms with E-state index in [2.05, 4.69) is 36.3 Å². The highest BCUT2D eigenvalue weighted by atomic mass is 79.9. The zero-order chi connectivity index (χ0) is 14.8. The van der Waals surface area contributed by atoms with Crippen molar-refractivity contribution in [2.24, 2.45) is 7.05 Å². The molecule has 0 unspecified atom stereocenters. The molecule has 0 bridgehead atoms. The van der Waals surface area contributed by atoms with Crippen LogP contribution in [-0.4, -0.2) is 25.0 Å². The van der Waals surface area contributed by atoms with Gasteiger partial charge < -0.3 is 8.98 Å². The van der Waals surface area contributed by atoms with E-state index in [-0.39, 0.29) is 0 Å². The number of hydrogen-bond acceptors (Lipinski definition) is 6. The molecule has 0 fully saturated rings. The van der Waals surface area contributed by atoms with Crippen molar-refractivity contribution in [3.8, 4) is 11.4 Å². The van der Waals surface area contributed by atoms with Crippen molar-refractivity contribution >= 4 is 27.7 Å². The highest BCUT2D eigenvalue weighted by Gasteiger charge is 2.13. The molecule has 0 amide bonds. The van der Waals surface area contributed by atoms with Crippen molar-refractivity contribution in [3.63, 3.8) is 0 Å². The van der Waals surface area contributed by atoms with Crippen LogP contribution in [0.4, 0.5) is 0 Å². The molecule has 3 rings (SSSR count). The average molecular weight is 366 g/mol. The largest absolute Gasteiger partial charge is 0.425 e. The Morgan fingerprint density at radius 1 is 1.24 bits per heavy atom. The summed E-state index contributed by atoms with van der Waals surface area (Å²) in [5.74, 6) is 2.55. The van der Waals surface area contributed by atoms with Crippen molar-refractivity contribution < 1.29 is 4.42 Å². The SMILES string of the molecule is Cc1nnc(CSc2nnc(-c3cccc(Br)c3)n2C)o1. The third kappa shape index (κ3) is 3.16. The quantitative estimate of drug-likeness (QED) is 0.661. The number of nitrogens with zero attached hydrogens (tertiary/aromatic N) is 5. The first-order valence-corrected chi connectivity index (χ1v) is 7.98. The molecule has 3 aromatic rings. The monoisotopic (exact) mass is 365 g/mol. The van der Waals surface area contributed by atoms with Gasteiger partial charge in [0.25, 0.3) is 0 Å². The molecule has 0 saturated heterocycles. The summed E-state index contributed by atoms with van der Waals surface area (Å²) in [4.78, 5) is 0. The lowest BCUT2D eigenvalue weighted by molar-refractivity contribution is 0.485. The van der Waals surface area contributed by atoms with Gasteiger partial charge in [-0.05, 0) is 12.1 Å². The Hall–Kier alpha value is -1.67. The van der Waals surface area contributed by atoms with E-state index in [0.717, 1.165) is 21.0 Å². The lowest BCUT2D eigenvalue weighted by Gasteiger charge is -2.03. The van der Waals surface area contributed by atoms with Gasteiger partial charge in [-0.1, -0.05) is 39.8 Å². The molecule has 8 heteroatoms. The Kier molecular flexibility index (Phi) is 4.07. The van der Waals surface area contributed by atoms with Crippen LogP contribution in [-0.2, 0) is 12.8 Å². The molecule has 1 aromatic carbocycles. The molecule has 2 heterocycles. The molecular weight excluding hydrogens is 354 g/mol. The van der Waals surface area contributed by atoms with Gasteiger partial charge in [0.2, 0.25) is 11.8 Å². The Labute approximate surface area is 134 Å². The summed E-state index contributed by atoms with van der Waals surface area (Å²) in [6.45, 7) is 1.77. The molecule has 0 aliphatic heterocycles. The molecule has 0 aliphatic carbocycles. The maximum absolute atomic E-state index is 5.35. The zero-order valence-electron chi connectivity index (χ0n) is 11.4. The van der Waals surface area contributed by atoms with Crippen LogP contribution in [0.1, 0.15) is 11.8 Å². The molecule has 6 nitrogen and oxygen atoms in total. The van der Waals surface area contributed by atoms with Gasteiger partial charge in [0, 0.05) is 24.0 Å². The molecule has 2 aromatic heterocycles. The Balaban J connectivity index is 1.79. The fraction of sp³-hybridized carbons (Fsp3) is 0.231. The second-order valence-corrected chi connectivity index (χ2v) is 6.24. The van der Waals surface area contributed by atoms with E-state index < -0.39 is 0 Å². The Bertz CT molecular complexity index is 770. The summed E-state index contributed by atoms with van der Waals surface area (Å²) in [7, 11) is 1.94. The zero-order valence-corrected chi connectivity index (χ0v) is 13.8. The molecule has 0 N–H and O–H groups in total. The maximum atomic E-state index is 5.35. The van der Waals surface area contributed by atoms with Crippen molar-refractivity contribution in [1.29, 1.82) is 0 Å². The summed E-state index contributed by atoms with van der Waals surface area (Å²) in [5.41, 5.74) is 1.01. The molecule has 108 valence electrons. The number of thioether (sulfide) groups is 1. The van der Waals surface area contributed by atoms with E-state index in [1.165, 1.54) is 11.8 Å². The first-order chi connectivity index (χ1) is 10.1. The van der Waals surface area contributed by atoms with Gasteiger partial charge in [0.1, 0.15) is 0 Å². The van der Waals surface area contributed by atoms with Crippen LogP contribution in [0.3, 0.4) is 0 Å². The lowest BCUT2D eigenvalue weighted by atomic mass is 10.2. The summed E-state index contributed by atoms with van der Waals surface area (Å²) >= 11 is 4.98. The Morgan fingerprint density at radius 3 is 2.81 bits per heavy atom. The predicted octanol–water partition coefficient (Wildman–Crippen LogP) is 3.23. The molecule has 0 aliphatic rings. The van der Waals surface area contributed by atoms with Crippen LogP contribution in [0.15, 0.2) is 38.3 Å². The van der Waals surface area contributed by atoms with Crippen molar-refractivity contribution in [2.75, 3.05) is 0 Å². The van der Waals surface area contributed by atoms with E-state index >= 15 is 0 Å². The standard InChI is InChI=1S/C13H12BrN5OS/c1-8-15-16-11(20-8)7-21-13-18-17-12(19(13)2)9-4-3-5-10(14)6-9/h3-6H,7H2,1-2H3. The van der Waals surface area contributed by atoms with E-state index in [1.807, 2.05) is 35.9 Å². The first kappa shape index (κ1) is 14.3. The normalized spacial score (nSPS) is 11.0. The van der Waals surface area contributed by atoms with Crippen molar-refractivity contribution in [2.45, 2.75) is 17.8 Å². The Morgan fingerprint density at radius 2 is 2.10 bits per heavy atom. The molecule has 21 heavy (non-hydrogen) atoms. The molecule has 0 spiro atoms. The minimum atomic E-state index is 0.568. The topological polar surface area (TPSA) is 69.6 Å². The predicted molar refractivity (Wildman–Crippen MR) is 82.7 cm³/mol. The second-order valence-electron chi connectivity index (χ2n) is 4.38. The van der Waals surface area contributed by atoms with Gasteiger partial charge in [-0.2, -0.15) is 0 Å². The fourth-order valence-electron chi connectivity index (χ4n) is 1.84. The van der Waals surface area contributed by atoms with Gasteiger partial charge >= 0.3 is 0 Å². The summed E-state index contributed by atoms with van der Waals surface area (Å²) in [6.07, 6.45) is 0. The van der Waals surface area contributed by atoms with Crippen LogP contribution >= 0.6 is 27.7 Å². The van der Waals surface area contributed by atoms with Crippen LogP contribution in [0.5, 0.6) is 0 Å². The number of aryl methyl sites for hydroxylation is 1. The highest BCUT2D eigenvalue weighted by molar-refractivity contribution is 9.10. The van der Waals surface area contributed by atoms with Crippen LogP contribution in [0.25, 0.3) is 11.4 Å².